The zero-order chi connectivity index (χ0) is 13.0. The van der Waals surface area contributed by atoms with E-state index < -0.39 is 11.5 Å². The molecule has 5 nitrogen and oxygen atoms in total. The minimum absolute atomic E-state index is 0.0145. The molecule has 0 radical (unpaired) electrons. The Balaban J connectivity index is 1.80. The second kappa shape index (κ2) is 5.69. The van der Waals surface area contributed by atoms with Gasteiger partial charge in [-0.3, -0.25) is 9.59 Å². The Bertz CT molecular complexity index is 319. The van der Waals surface area contributed by atoms with Gasteiger partial charge in [0, 0.05) is 6.61 Å². The van der Waals surface area contributed by atoms with E-state index >= 15 is 0 Å². The monoisotopic (exact) mass is 255 g/mol. The molecule has 0 aromatic carbocycles. The Morgan fingerprint density at radius 2 is 2.06 bits per heavy atom. The molecule has 0 aromatic heterocycles. The van der Waals surface area contributed by atoms with Crippen molar-refractivity contribution in [1.29, 1.82) is 0 Å². The van der Waals surface area contributed by atoms with Crippen molar-refractivity contribution in [2.24, 2.45) is 0 Å². The molecule has 2 fully saturated rings. The number of ether oxygens (including phenoxy) is 1. The van der Waals surface area contributed by atoms with E-state index in [1.54, 1.807) is 0 Å². The van der Waals surface area contributed by atoms with Gasteiger partial charge in [-0.25, -0.2) is 0 Å². The van der Waals surface area contributed by atoms with Gasteiger partial charge in [-0.15, -0.1) is 0 Å². The van der Waals surface area contributed by atoms with Crippen LogP contribution in [0.1, 0.15) is 51.4 Å². The lowest BCUT2D eigenvalue weighted by molar-refractivity contribution is -0.140. The van der Waals surface area contributed by atoms with Crippen LogP contribution in [0, 0.1) is 0 Å². The van der Waals surface area contributed by atoms with Gasteiger partial charge < -0.3 is 15.2 Å². The van der Waals surface area contributed by atoms with Gasteiger partial charge >= 0.3 is 5.97 Å². The van der Waals surface area contributed by atoms with E-state index in [2.05, 4.69) is 5.32 Å². The minimum Gasteiger partial charge on any atom is -0.481 e. The number of amides is 1. The zero-order valence-electron chi connectivity index (χ0n) is 10.6. The Morgan fingerprint density at radius 1 is 1.28 bits per heavy atom. The third kappa shape index (κ3) is 3.45. The molecule has 1 aliphatic heterocycles. The number of carbonyl (C=O) groups is 2. The van der Waals surface area contributed by atoms with E-state index in [-0.39, 0.29) is 18.4 Å². The Morgan fingerprint density at radius 3 is 2.56 bits per heavy atom. The summed E-state index contributed by atoms with van der Waals surface area (Å²) in [6.45, 7) is 0.734. The summed E-state index contributed by atoms with van der Waals surface area (Å²) < 4.78 is 5.52. The van der Waals surface area contributed by atoms with Crippen LogP contribution in [0.15, 0.2) is 0 Å². The van der Waals surface area contributed by atoms with E-state index in [9.17, 15) is 9.59 Å². The highest BCUT2D eigenvalue weighted by Crippen LogP contribution is 2.35. The predicted molar refractivity (Wildman–Crippen MR) is 65.2 cm³/mol. The van der Waals surface area contributed by atoms with E-state index in [0.29, 0.717) is 6.42 Å². The van der Waals surface area contributed by atoms with Gasteiger partial charge in [-0.2, -0.15) is 0 Å². The maximum Gasteiger partial charge on any atom is 0.305 e. The third-order valence-corrected chi connectivity index (χ3v) is 3.89. The maximum absolute atomic E-state index is 11.9. The summed E-state index contributed by atoms with van der Waals surface area (Å²) in [6, 6.07) is 0. The van der Waals surface area contributed by atoms with Crippen LogP contribution in [0.3, 0.4) is 0 Å². The molecule has 0 spiro atoms. The number of hydrogen-bond donors (Lipinski definition) is 2. The molecule has 1 amide bonds. The van der Waals surface area contributed by atoms with Crippen LogP contribution in [0.5, 0.6) is 0 Å². The molecule has 1 atom stereocenters. The summed E-state index contributed by atoms with van der Waals surface area (Å²) in [5.41, 5.74) is -0.489. The fourth-order valence-electron chi connectivity index (χ4n) is 2.76. The van der Waals surface area contributed by atoms with Crippen LogP contribution in [0.2, 0.25) is 0 Å². The average molecular weight is 255 g/mol. The van der Waals surface area contributed by atoms with Gasteiger partial charge in [0.25, 0.3) is 0 Å². The summed E-state index contributed by atoms with van der Waals surface area (Å²) in [4.78, 5) is 22.7. The maximum atomic E-state index is 11.9. The normalized spacial score (nSPS) is 26.1. The van der Waals surface area contributed by atoms with Gasteiger partial charge in [0.05, 0.1) is 24.5 Å². The van der Waals surface area contributed by atoms with Gasteiger partial charge in [-0.1, -0.05) is 0 Å². The zero-order valence-corrected chi connectivity index (χ0v) is 10.6. The summed E-state index contributed by atoms with van der Waals surface area (Å²) in [5, 5.41) is 11.8. The topological polar surface area (TPSA) is 75.6 Å². The Kier molecular flexibility index (Phi) is 4.22. The third-order valence-electron chi connectivity index (χ3n) is 3.89. The average Bonchev–Trinajstić information content (AvgIpc) is 2.26. The van der Waals surface area contributed by atoms with Crippen molar-refractivity contribution in [2.75, 3.05) is 6.61 Å². The molecule has 1 unspecified atom stereocenters. The molecule has 18 heavy (non-hydrogen) atoms. The van der Waals surface area contributed by atoms with Gasteiger partial charge in [0.1, 0.15) is 0 Å². The SMILES string of the molecule is O=C(O)CC1(NC(=O)CC2CCCCO2)CCC1. The van der Waals surface area contributed by atoms with Crippen LogP contribution in [-0.4, -0.2) is 35.2 Å². The number of carboxylic acids is 1. The summed E-state index contributed by atoms with van der Waals surface area (Å²) in [7, 11) is 0. The minimum atomic E-state index is -0.844. The van der Waals surface area contributed by atoms with Gasteiger partial charge in [0.2, 0.25) is 5.91 Å². The standard InChI is InChI=1S/C13H21NO4/c15-11(8-10-4-1-2-7-18-10)14-13(5-3-6-13)9-12(16)17/h10H,1-9H2,(H,14,15)(H,16,17). The van der Waals surface area contributed by atoms with E-state index in [1.165, 1.54) is 0 Å². The number of hydrogen-bond acceptors (Lipinski definition) is 3. The van der Waals surface area contributed by atoms with Crippen molar-refractivity contribution in [3.05, 3.63) is 0 Å². The fraction of sp³-hybridized carbons (Fsp3) is 0.846. The number of rotatable bonds is 5. The van der Waals surface area contributed by atoms with Crippen molar-refractivity contribution in [3.63, 3.8) is 0 Å². The van der Waals surface area contributed by atoms with Crippen molar-refractivity contribution < 1.29 is 19.4 Å². The lowest BCUT2D eigenvalue weighted by Gasteiger charge is -2.41. The van der Waals surface area contributed by atoms with Crippen LogP contribution in [0.25, 0.3) is 0 Å². The van der Waals surface area contributed by atoms with E-state index in [4.69, 9.17) is 9.84 Å². The lowest BCUT2D eigenvalue weighted by Crippen LogP contribution is -2.55. The fourth-order valence-corrected chi connectivity index (χ4v) is 2.76. The molecule has 2 rings (SSSR count). The van der Waals surface area contributed by atoms with Crippen molar-refractivity contribution >= 4 is 11.9 Å². The van der Waals surface area contributed by atoms with E-state index in [0.717, 1.165) is 45.1 Å². The molecule has 2 N–H and O–H groups in total. The largest absolute Gasteiger partial charge is 0.481 e. The van der Waals surface area contributed by atoms with Crippen LogP contribution >= 0.6 is 0 Å². The molecular weight excluding hydrogens is 234 g/mol. The summed E-state index contributed by atoms with van der Waals surface area (Å²) in [5.74, 6) is -0.910. The van der Waals surface area contributed by atoms with Crippen molar-refractivity contribution in [3.8, 4) is 0 Å². The number of aliphatic carboxylic acids is 1. The molecule has 5 heteroatoms. The first-order valence-electron chi connectivity index (χ1n) is 6.74. The summed E-state index contributed by atoms with van der Waals surface area (Å²) in [6.07, 6.45) is 6.06. The number of carboxylic acid groups (broad SMARTS) is 1. The molecule has 1 saturated heterocycles. The van der Waals surface area contributed by atoms with Gasteiger partial charge in [-0.05, 0) is 38.5 Å². The van der Waals surface area contributed by atoms with E-state index in [1.807, 2.05) is 0 Å². The van der Waals surface area contributed by atoms with Gasteiger partial charge in [0.15, 0.2) is 0 Å². The second-order valence-corrected chi connectivity index (χ2v) is 5.45. The highest BCUT2D eigenvalue weighted by molar-refractivity contribution is 5.79. The molecule has 1 heterocycles. The molecule has 2 aliphatic rings. The van der Waals surface area contributed by atoms with Crippen LogP contribution < -0.4 is 5.32 Å². The predicted octanol–water partition coefficient (Wildman–Crippen LogP) is 1.46. The molecule has 0 bridgehead atoms. The first-order valence-corrected chi connectivity index (χ1v) is 6.74. The first kappa shape index (κ1) is 13.3. The highest BCUT2D eigenvalue weighted by Gasteiger charge is 2.40. The number of carbonyl (C=O) groups excluding carboxylic acids is 1. The number of nitrogens with one attached hydrogen (secondary N) is 1. The summed E-state index contributed by atoms with van der Waals surface area (Å²) >= 11 is 0. The molecule has 0 aromatic rings. The van der Waals surface area contributed by atoms with Crippen molar-refractivity contribution in [2.45, 2.75) is 63.0 Å². The lowest BCUT2D eigenvalue weighted by atomic mass is 9.74. The molecule has 1 saturated carbocycles. The highest BCUT2D eigenvalue weighted by atomic mass is 16.5. The second-order valence-electron chi connectivity index (χ2n) is 5.45. The molecule has 1 aliphatic carbocycles. The smallest absolute Gasteiger partial charge is 0.305 e. The van der Waals surface area contributed by atoms with Crippen molar-refractivity contribution in [1.82, 2.24) is 5.32 Å². The van der Waals surface area contributed by atoms with Crippen LogP contribution in [0.4, 0.5) is 0 Å². The molecule has 102 valence electrons. The Labute approximate surface area is 107 Å². The quantitative estimate of drug-likeness (QED) is 0.779. The van der Waals surface area contributed by atoms with Crippen LogP contribution in [-0.2, 0) is 14.3 Å². The molecular formula is C13H21NO4. The first-order chi connectivity index (χ1) is 8.60. The Hall–Kier alpha value is -1.10.